The number of hydrogen-bond acceptors (Lipinski definition) is 4. The van der Waals surface area contributed by atoms with Crippen LogP contribution >= 0.6 is 0 Å². The number of carbonyl (C=O) groups excluding carboxylic acids is 1. The van der Waals surface area contributed by atoms with E-state index in [1.165, 1.54) is 23.3 Å². The molecule has 4 aromatic rings. The number of rotatable bonds is 6. The van der Waals surface area contributed by atoms with Gasteiger partial charge in [-0.1, -0.05) is 30.0 Å². The fraction of sp³-hybridized carbons (Fsp3) is 0.240. The molecule has 7 nitrogen and oxygen atoms in total. The molecule has 1 amide bonds. The van der Waals surface area contributed by atoms with E-state index in [2.05, 4.69) is 38.5 Å². The van der Waals surface area contributed by atoms with E-state index in [-0.39, 0.29) is 17.2 Å². The van der Waals surface area contributed by atoms with Crippen LogP contribution in [0.1, 0.15) is 34.6 Å². The molecule has 7 heteroatoms. The number of benzene rings is 1. The van der Waals surface area contributed by atoms with E-state index >= 15 is 0 Å². The zero-order valence-electron chi connectivity index (χ0n) is 17.5. The summed E-state index contributed by atoms with van der Waals surface area (Å²) in [5.41, 5.74) is 3.33. The van der Waals surface area contributed by atoms with Gasteiger partial charge in [0.15, 0.2) is 0 Å². The summed E-state index contributed by atoms with van der Waals surface area (Å²) in [6.07, 6.45) is 4.12. The van der Waals surface area contributed by atoms with Crippen molar-refractivity contribution < 1.29 is 4.79 Å². The molecule has 3 N–H and O–H groups in total. The van der Waals surface area contributed by atoms with E-state index in [1.807, 2.05) is 18.2 Å². The lowest BCUT2D eigenvalue weighted by Gasteiger charge is -2.06. The zero-order valence-corrected chi connectivity index (χ0v) is 17.5. The van der Waals surface area contributed by atoms with Gasteiger partial charge in [-0.3, -0.25) is 14.0 Å². The highest BCUT2D eigenvalue weighted by atomic mass is 16.2. The number of amides is 1. The minimum absolute atomic E-state index is 0.111. The van der Waals surface area contributed by atoms with Gasteiger partial charge in [-0.25, -0.2) is 4.98 Å². The summed E-state index contributed by atoms with van der Waals surface area (Å²) in [5, 5.41) is 7.31. The fourth-order valence-electron chi connectivity index (χ4n) is 3.57. The normalized spacial score (nSPS) is 13.1. The predicted octanol–water partition coefficient (Wildman–Crippen LogP) is 2.61. The maximum atomic E-state index is 12.6. The lowest BCUT2D eigenvalue weighted by atomic mass is 10.1. The highest BCUT2D eigenvalue weighted by Gasteiger charge is 2.17. The van der Waals surface area contributed by atoms with Gasteiger partial charge in [-0.15, -0.1) is 0 Å². The number of hydrogen-bond donors (Lipinski definition) is 3. The van der Waals surface area contributed by atoms with Crippen molar-refractivity contribution in [3.05, 3.63) is 82.0 Å². The first kappa shape index (κ1) is 20.0. The van der Waals surface area contributed by atoms with E-state index in [9.17, 15) is 9.59 Å². The van der Waals surface area contributed by atoms with Crippen molar-refractivity contribution in [1.29, 1.82) is 0 Å². The second-order valence-corrected chi connectivity index (χ2v) is 8.01. The van der Waals surface area contributed by atoms with Gasteiger partial charge in [0, 0.05) is 42.5 Å². The lowest BCUT2D eigenvalue weighted by molar-refractivity contribution is 0.0946. The number of nitrogens with one attached hydrogen (secondary N) is 3. The van der Waals surface area contributed by atoms with Crippen molar-refractivity contribution >= 4 is 22.5 Å². The van der Waals surface area contributed by atoms with Gasteiger partial charge in [0.2, 0.25) is 0 Å². The molecule has 0 bridgehead atoms. The second kappa shape index (κ2) is 8.69. The van der Waals surface area contributed by atoms with Crippen molar-refractivity contribution in [2.24, 2.45) is 5.92 Å². The van der Waals surface area contributed by atoms with Crippen molar-refractivity contribution in [2.45, 2.75) is 25.9 Å². The van der Waals surface area contributed by atoms with Gasteiger partial charge in [-0.05, 0) is 48.1 Å². The summed E-state index contributed by atoms with van der Waals surface area (Å²) < 4.78 is 1.40. The Kier molecular flexibility index (Phi) is 5.44. The van der Waals surface area contributed by atoms with E-state index in [0.717, 1.165) is 28.7 Å². The highest BCUT2D eigenvalue weighted by molar-refractivity contribution is 5.92. The van der Waals surface area contributed by atoms with Gasteiger partial charge in [0.25, 0.3) is 11.5 Å². The van der Waals surface area contributed by atoms with Crippen molar-refractivity contribution in [2.75, 3.05) is 6.54 Å². The van der Waals surface area contributed by atoms with Gasteiger partial charge in [0.05, 0.1) is 6.54 Å². The fourth-order valence-corrected chi connectivity index (χ4v) is 3.57. The Morgan fingerprint density at radius 2 is 2.06 bits per heavy atom. The molecular formula is C25H23N5O2. The van der Waals surface area contributed by atoms with Crippen LogP contribution in [0.25, 0.3) is 16.6 Å². The number of H-pyrrole nitrogens is 1. The van der Waals surface area contributed by atoms with Crippen molar-refractivity contribution in [1.82, 2.24) is 25.0 Å². The molecule has 3 heterocycles. The average Bonchev–Trinajstić information content (AvgIpc) is 3.54. The van der Waals surface area contributed by atoms with E-state index in [4.69, 9.17) is 0 Å². The number of pyridine rings is 1. The van der Waals surface area contributed by atoms with Crippen LogP contribution < -0.4 is 16.2 Å². The van der Waals surface area contributed by atoms with Crippen LogP contribution in [0.5, 0.6) is 0 Å². The average molecular weight is 425 g/mol. The standard InChI is InChI=1S/C25H23N5O2/c31-24-14-22(29-23-5-1-2-11-30(23)24)25(32)27-15-18-8-9-19-13-20(28-21(19)12-18)16-26-10-3-4-17-6-7-17/h1-2,5,8-9,11-14,17,26,28H,6-7,10,15-16H2,(H,27,32). The third-order valence-corrected chi connectivity index (χ3v) is 5.41. The van der Waals surface area contributed by atoms with Crippen LogP contribution in [-0.4, -0.2) is 26.8 Å². The molecule has 32 heavy (non-hydrogen) atoms. The van der Waals surface area contributed by atoms with Crippen LogP contribution in [0.2, 0.25) is 0 Å². The third kappa shape index (κ3) is 4.56. The zero-order chi connectivity index (χ0) is 21.9. The molecule has 0 atom stereocenters. The number of carbonyl (C=O) groups is 1. The third-order valence-electron chi connectivity index (χ3n) is 5.41. The minimum atomic E-state index is -0.378. The van der Waals surface area contributed by atoms with Gasteiger partial charge < -0.3 is 15.6 Å². The SMILES string of the molecule is O=C(NCc1ccc2cc(CNCC#CC3CC3)[nH]c2c1)c1cc(=O)n2ccccc2n1. The van der Waals surface area contributed by atoms with Crippen LogP contribution in [0.15, 0.2) is 59.5 Å². The van der Waals surface area contributed by atoms with Crippen LogP contribution in [0.3, 0.4) is 0 Å². The Balaban J connectivity index is 1.22. The maximum absolute atomic E-state index is 12.6. The Labute approximate surface area is 184 Å². The van der Waals surface area contributed by atoms with Crippen LogP contribution in [-0.2, 0) is 13.1 Å². The summed E-state index contributed by atoms with van der Waals surface area (Å²) in [4.78, 5) is 32.4. The summed E-state index contributed by atoms with van der Waals surface area (Å²) in [6, 6.07) is 14.6. The molecule has 0 aliphatic heterocycles. The van der Waals surface area contributed by atoms with E-state index in [1.54, 1.807) is 24.4 Å². The molecule has 0 spiro atoms. The van der Waals surface area contributed by atoms with Gasteiger partial charge >= 0.3 is 0 Å². The first-order valence-corrected chi connectivity index (χ1v) is 10.7. The highest BCUT2D eigenvalue weighted by Crippen LogP contribution is 2.27. The Morgan fingerprint density at radius 3 is 2.94 bits per heavy atom. The smallest absolute Gasteiger partial charge is 0.270 e. The molecule has 3 aromatic heterocycles. The first-order chi connectivity index (χ1) is 15.7. The van der Waals surface area contributed by atoms with E-state index in [0.29, 0.717) is 24.7 Å². The largest absolute Gasteiger partial charge is 0.357 e. The number of fused-ring (bicyclic) bond motifs is 2. The molecule has 160 valence electrons. The minimum Gasteiger partial charge on any atom is -0.357 e. The molecule has 1 aliphatic rings. The Hall–Kier alpha value is -3.89. The van der Waals surface area contributed by atoms with E-state index < -0.39 is 0 Å². The second-order valence-electron chi connectivity index (χ2n) is 8.01. The lowest BCUT2D eigenvalue weighted by Crippen LogP contribution is -2.26. The van der Waals surface area contributed by atoms with Gasteiger partial charge in [-0.2, -0.15) is 0 Å². The number of nitrogens with zero attached hydrogens (tertiary/aromatic N) is 2. The topological polar surface area (TPSA) is 91.3 Å². The summed E-state index contributed by atoms with van der Waals surface area (Å²) in [5.74, 6) is 6.67. The summed E-state index contributed by atoms with van der Waals surface area (Å²) in [6.45, 7) is 1.76. The molecule has 0 unspecified atom stereocenters. The van der Waals surface area contributed by atoms with Crippen LogP contribution in [0.4, 0.5) is 0 Å². The van der Waals surface area contributed by atoms with Crippen molar-refractivity contribution in [3.63, 3.8) is 0 Å². The first-order valence-electron chi connectivity index (χ1n) is 10.7. The number of aromatic nitrogens is 3. The molecule has 1 aromatic carbocycles. The summed E-state index contributed by atoms with van der Waals surface area (Å²) >= 11 is 0. The molecular weight excluding hydrogens is 402 g/mol. The predicted molar refractivity (Wildman–Crippen MR) is 123 cm³/mol. The van der Waals surface area contributed by atoms with Gasteiger partial charge in [0.1, 0.15) is 11.3 Å². The molecule has 5 rings (SSSR count). The quantitative estimate of drug-likeness (QED) is 0.327. The van der Waals surface area contributed by atoms with Crippen LogP contribution in [0, 0.1) is 17.8 Å². The molecule has 0 saturated heterocycles. The maximum Gasteiger partial charge on any atom is 0.270 e. The molecule has 1 saturated carbocycles. The monoisotopic (exact) mass is 425 g/mol. The number of aromatic amines is 1. The Bertz CT molecular complexity index is 1420. The summed E-state index contributed by atoms with van der Waals surface area (Å²) in [7, 11) is 0. The molecule has 0 radical (unpaired) electrons. The Morgan fingerprint density at radius 1 is 1.16 bits per heavy atom. The molecule has 1 aliphatic carbocycles. The van der Waals surface area contributed by atoms with Crippen molar-refractivity contribution in [3.8, 4) is 11.8 Å². The molecule has 1 fully saturated rings.